The third-order valence-electron chi connectivity index (χ3n) is 4.78. The van der Waals surface area contributed by atoms with E-state index in [4.69, 9.17) is 11.6 Å². The van der Waals surface area contributed by atoms with Crippen LogP contribution in [0.25, 0.3) is 10.8 Å². The number of halogens is 1. The van der Waals surface area contributed by atoms with Crippen LogP contribution in [0.5, 0.6) is 0 Å². The van der Waals surface area contributed by atoms with Crippen LogP contribution in [0.1, 0.15) is 18.1 Å². The number of sulfonamides is 1. The maximum absolute atomic E-state index is 12.7. The molecule has 1 amide bonds. The van der Waals surface area contributed by atoms with E-state index < -0.39 is 16.1 Å². The Morgan fingerprint density at radius 1 is 1.07 bits per heavy atom. The fourth-order valence-electron chi connectivity index (χ4n) is 3.21. The second-order valence-electron chi connectivity index (χ2n) is 7.07. The Morgan fingerprint density at radius 3 is 2.41 bits per heavy atom. The van der Waals surface area contributed by atoms with Crippen molar-refractivity contribution in [1.29, 1.82) is 0 Å². The van der Waals surface area contributed by atoms with Crippen molar-refractivity contribution in [3.05, 3.63) is 76.8 Å². The van der Waals surface area contributed by atoms with Crippen LogP contribution in [0.2, 0.25) is 5.02 Å². The van der Waals surface area contributed by atoms with Gasteiger partial charge in [0.1, 0.15) is 6.04 Å². The third kappa shape index (κ3) is 4.89. The summed E-state index contributed by atoms with van der Waals surface area (Å²) in [6.07, 6.45) is 1.08. The number of hydrogen-bond donors (Lipinski definition) is 1. The second kappa shape index (κ2) is 8.43. The quantitative estimate of drug-likeness (QED) is 0.635. The summed E-state index contributed by atoms with van der Waals surface area (Å²) in [7, 11) is -3.69. The molecule has 0 aliphatic rings. The molecule has 0 fully saturated rings. The molecule has 5 nitrogen and oxygen atoms in total. The number of anilines is 1. The van der Waals surface area contributed by atoms with E-state index in [1.807, 2.05) is 49.4 Å². The molecule has 0 spiro atoms. The first kappa shape index (κ1) is 21.1. The molecule has 0 bridgehead atoms. The van der Waals surface area contributed by atoms with Crippen LogP contribution >= 0.6 is 11.6 Å². The number of aryl methyl sites for hydroxylation is 1. The summed E-state index contributed by atoms with van der Waals surface area (Å²) in [5.74, 6) is -0.389. The summed E-state index contributed by atoms with van der Waals surface area (Å²) >= 11 is 6.16. The molecule has 0 radical (unpaired) electrons. The van der Waals surface area contributed by atoms with Gasteiger partial charge in [-0.05, 0) is 53.9 Å². The molecule has 152 valence electrons. The molecule has 1 N–H and O–H groups in total. The summed E-state index contributed by atoms with van der Waals surface area (Å²) in [5.41, 5.74) is 2.13. The van der Waals surface area contributed by atoms with Gasteiger partial charge in [0.25, 0.3) is 0 Å². The van der Waals surface area contributed by atoms with E-state index in [9.17, 15) is 13.2 Å². The maximum atomic E-state index is 12.7. The van der Waals surface area contributed by atoms with Crippen molar-refractivity contribution in [1.82, 2.24) is 5.32 Å². The van der Waals surface area contributed by atoms with Crippen LogP contribution in [-0.4, -0.2) is 26.6 Å². The highest BCUT2D eigenvalue weighted by molar-refractivity contribution is 7.92. The number of carbonyl (C=O) groups is 1. The lowest BCUT2D eigenvalue weighted by Gasteiger charge is -2.28. The summed E-state index contributed by atoms with van der Waals surface area (Å²) in [4.78, 5) is 12.7. The van der Waals surface area contributed by atoms with E-state index >= 15 is 0 Å². The Hall–Kier alpha value is -2.57. The van der Waals surface area contributed by atoms with Crippen LogP contribution in [-0.2, 0) is 21.4 Å². The molecular formula is C22H23ClN2O3S. The zero-order valence-electron chi connectivity index (χ0n) is 16.5. The number of nitrogens with one attached hydrogen (secondary N) is 1. The van der Waals surface area contributed by atoms with Gasteiger partial charge >= 0.3 is 0 Å². The number of amides is 1. The van der Waals surface area contributed by atoms with Gasteiger partial charge in [-0.15, -0.1) is 0 Å². The fraction of sp³-hybridized carbons (Fsp3) is 0.227. The number of nitrogens with zero attached hydrogens (tertiary/aromatic N) is 1. The molecule has 7 heteroatoms. The molecule has 0 aliphatic heterocycles. The summed E-state index contributed by atoms with van der Waals surface area (Å²) in [6.45, 7) is 3.70. The molecule has 1 atom stereocenters. The van der Waals surface area contributed by atoms with Crippen LogP contribution < -0.4 is 9.62 Å². The minimum atomic E-state index is -3.69. The van der Waals surface area contributed by atoms with Gasteiger partial charge in [-0.1, -0.05) is 54.1 Å². The number of fused-ring (bicyclic) bond motifs is 1. The predicted octanol–water partition coefficient (Wildman–Crippen LogP) is 4.27. The van der Waals surface area contributed by atoms with Gasteiger partial charge in [-0.2, -0.15) is 0 Å². The highest BCUT2D eigenvalue weighted by Crippen LogP contribution is 2.26. The lowest BCUT2D eigenvalue weighted by Crippen LogP contribution is -2.47. The first-order valence-electron chi connectivity index (χ1n) is 9.18. The fourth-order valence-corrected chi connectivity index (χ4v) is 4.55. The van der Waals surface area contributed by atoms with Gasteiger partial charge in [-0.3, -0.25) is 9.10 Å². The van der Waals surface area contributed by atoms with Crippen LogP contribution in [0.3, 0.4) is 0 Å². The molecule has 1 unspecified atom stereocenters. The van der Waals surface area contributed by atoms with E-state index in [0.29, 0.717) is 17.3 Å². The Kier molecular flexibility index (Phi) is 6.15. The predicted molar refractivity (Wildman–Crippen MR) is 119 cm³/mol. The van der Waals surface area contributed by atoms with Gasteiger partial charge in [0.05, 0.1) is 11.9 Å². The van der Waals surface area contributed by atoms with Crippen LogP contribution in [0.15, 0.2) is 60.7 Å². The Balaban J connectivity index is 1.78. The average Bonchev–Trinajstić information content (AvgIpc) is 2.67. The number of benzene rings is 3. The molecule has 0 saturated carbocycles. The normalized spacial score (nSPS) is 12.6. The van der Waals surface area contributed by atoms with Crippen molar-refractivity contribution in [3.8, 4) is 0 Å². The molecule has 29 heavy (non-hydrogen) atoms. The highest BCUT2D eigenvalue weighted by atomic mass is 35.5. The van der Waals surface area contributed by atoms with Gasteiger partial charge in [0.2, 0.25) is 15.9 Å². The zero-order valence-corrected chi connectivity index (χ0v) is 18.1. The smallest absolute Gasteiger partial charge is 0.243 e. The maximum Gasteiger partial charge on any atom is 0.243 e. The van der Waals surface area contributed by atoms with Gasteiger partial charge in [0, 0.05) is 11.6 Å². The van der Waals surface area contributed by atoms with E-state index in [1.165, 1.54) is 0 Å². The Morgan fingerprint density at radius 2 is 1.76 bits per heavy atom. The number of hydrogen-bond acceptors (Lipinski definition) is 3. The van der Waals surface area contributed by atoms with E-state index in [2.05, 4.69) is 5.32 Å². The topological polar surface area (TPSA) is 66.5 Å². The summed E-state index contributed by atoms with van der Waals surface area (Å²) in [6, 6.07) is 17.9. The zero-order chi connectivity index (χ0) is 21.2. The molecule has 0 saturated heterocycles. The number of rotatable bonds is 6. The molecule has 3 aromatic carbocycles. The monoisotopic (exact) mass is 430 g/mol. The van der Waals surface area contributed by atoms with Crippen molar-refractivity contribution in [3.63, 3.8) is 0 Å². The molecule has 0 aliphatic carbocycles. The summed E-state index contributed by atoms with van der Waals surface area (Å²) < 4.78 is 25.9. The first-order chi connectivity index (χ1) is 13.7. The lowest BCUT2D eigenvalue weighted by molar-refractivity contribution is -0.122. The molecule has 3 aromatic rings. The van der Waals surface area contributed by atoms with Gasteiger partial charge in [0.15, 0.2) is 0 Å². The third-order valence-corrected chi connectivity index (χ3v) is 6.43. The van der Waals surface area contributed by atoms with Crippen molar-refractivity contribution >= 4 is 44.0 Å². The minimum absolute atomic E-state index is 0.306. The van der Waals surface area contributed by atoms with Crippen molar-refractivity contribution < 1.29 is 13.2 Å². The molecule has 3 rings (SSSR count). The van der Waals surface area contributed by atoms with Crippen molar-refractivity contribution in [2.75, 3.05) is 10.6 Å². The lowest BCUT2D eigenvalue weighted by atomic mass is 10.1. The molecular weight excluding hydrogens is 408 g/mol. The molecule has 0 heterocycles. The Labute approximate surface area is 176 Å². The van der Waals surface area contributed by atoms with E-state index in [1.54, 1.807) is 25.1 Å². The van der Waals surface area contributed by atoms with Crippen LogP contribution in [0, 0.1) is 6.92 Å². The summed E-state index contributed by atoms with van der Waals surface area (Å²) in [5, 5.41) is 5.48. The number of carbonyl (C=O) groups excluding carboxylic acids is 1. The highest BCUT2D eigenvalue weighted by Gasteiger charge is 2.29. The van der Waals surface area contributed by atoms with Crippen molar-refractivity contribution in [2.45, 2.75) is 26.4 Å². The van der Waals surface area contributed by atoms with Gasteiger partial charge in [-0.25, -0.2) is 8.42 Å². The van der Waals surface area contributed by atoms with Crippen molar-refractivity contribution in [2.24, 2.45) is 0 Å². The minimum Gasteiger partial charge on any atom is -0.350 e. The second-order valence-corrected chi connectivity index (χ2v) is 9.33. The van der Waals surface area contributed by atoms with Crippen LogP contribution in [0.4, 0.5) is 5.69 Å². The van der Waals surface area contributed by atoms with E-state index in [0.717, 1.165) is 32.5 Å². The SMILES string of the molecule is Cc1ccc(N(C(C)C(=O)NCc2ccc3ccccc3c2)S(C)(=O)=O)cc1Cl. The van der Waals surface area contributed by atoms with Gasteiger partial charge < -0.3 is 5.32 Å². The first-order valence-corrected chi connectivity index (χ1v) is 11.4. The molecule has 0 aromatic heterocycles. The van der Waals surface area contributed by atoms with E-state index in [-0.39, 0.29) is 5.91 Å². The largest absolute Gasteiger partial charge is 0.350 e. The standard InChI is InChI=1S/C22H23ClN2O3S/c1-15-8-11-20(13-21(15)23)25(29(3,27)28)16(2)22(26)24-14-17-9-10-18-6-4-5-7-19(18)12-17/h4-13,16H,14H2,1-3H3,(H,24,26). The Bertz CT molecular complexity index is 1160. The average molecular weight is 431 g/mol.